The second-order valence-corrected chi connectivity index (χ2v) is 9.56. The van der Waals surface area contributed by atoms with E-state index in [0.717, 1.165) is 5.69 Å². The van der Waals surface area contributed by atoms with E-state index in [2.05, 4.69) is 15.6 Å². The first-order chi connectivity index (χ1) is 18.8. The standard InChI is InChI=1S/C28H23ClN4O5S/c1-15(34)31-21-14-17(7-9-23(21)37-2)33-26(25(32-28(33)39)20-5-3-4-12-30-20)24-11-10-22(38-24)18-13-16(27(35)36)6-8-19(18)29/h3-14,25-26H,1-2H3,(H,31,34)(H,32,39)(H,35,36). The number of carboxylic acid groups (broad SMARTS) is 1. The molecule has 4 aromatic rings. The highest BCUT2D eigenvalue weighted by atomic mass is 35.5. The third kappa shape index (κ3) is 5.16. The Morgan fingerprint density at radius 1 is 1.15 bits per heavy atom. The van der Waals surface area contributed by atoms with Gasteiger partial charge in [-0.05, 0) is 72.9 Å². The Balaban J connectivity index is 1.62. The third-order valence-electron chi connectivity index (χ3n) is 6.27. The van der Waals surface area contributed by atoms with Gasteiger partial charge in [0, 0.05) is 24.4 Å². The molecule has 9 nitrogen and oxygen atoms in total. The molecule has 2 unspecified atom stereocenters. The van der Waals surface area contributed by atoms with Gasteiger partial charge in [-0.2, -0.15) is 0 Å². The number of carbonyl (C=O) groups is 2. The van der Waals surface area contributed by atoms with E-state index in [-0.39, 0.29) is 17.5 Å². The zero-order chi connectivity index (χ0) is 27.7. The number of methoxy groups -OCH3 is 1. The molecule has 2 aromatic carbocycles. The maximum Gasteiger partial charge on any atom is 0.335 e. The number of aromatic carboxylic acids is 1. The molecule has 2 aromatic heterocycles. The molecular formula is C28H23ClN4O5S. The van der Waals surface area contributed by atoms with Crippen LogP contribution in [-0.4, -0.2) is 34.2 Å². The lowest BCUT2D eigenvalue weighted by atomic mass is 10.0. The number of nitrogens with one attached hydrogen (secondary N) is 2. The van der Waals surface area contributed by atoms with Gasteiger partial charge in [0.05, 0.1) is 35.1 Å². The third-order valence-corrected chi connectivity index (χ3v) is 6.91. The number of rotatable bonds is 7. The predicted octanol–water partition coefficient (Wildman–Crippen LogP) is 5.84. The van der Waals surface area contributed by atoms with Gasteiger partial charge in [-0.1, -0.05) is 17.7 Å². The number of hydrogen-bond donors (Lipinski definition) is 3. The molecule has 1 fully saturated rings. The van der Waals surface area contributed by atoms with Gasteiger partial charge in [0.25, 0.3) is 0 Å². The minimum Gasteiger partial charge on any atom is -0.495 e. The zero-order valence-electron chi connectivity index (χ0n) is 20.8. The summed E-state index contributed by atoms with van der Waals surface area (Å²) in [6.45, 7) is 1.42. The second kappa shape index (κ2) is 10.8. The van der Waals surface area contributed by atoms with E-state index in [0.29, 0.717) is 44.3 Å². The molecule has 0 bridgehead atoms. The van der Waals surface area contributed by atoms with Crippen LogP contribution in [0.15, 0.2) is 77.3 Å². The monoisotopic (exact) mass is 562 g/mol. The van der Waals surface area contributed by atoms with Gasteiger partial charge in [-0.15, -0.1) is 0 Å². The molecule has 0 saturated carbocycles. The van der Waals surface area contributed by atoms with Crippen molar-refractivity contribution in [2.75, 3.05) is 17.3 Å². The lowest BCUT2D eigenvalue weighted by Gasteiger charge is -2.27. The molecule has 1 amide bonds. The Kier molecular flexibility index (Phi) is 7.23. The van der Waals surface area contributed by atoms with E-state index in [1.54, 1.807) is 30.5 Å². The van der Waals surface area contributed by atoms with Crippen LogP contribution in [0.25, 0.3) is 11.3 Å². The first-order valence-corrected chi connectivity index (χ1v) is 12.6. The van der Waals surface area contributed by atoms with Crippen molar-refractivity contribution in [1.82, 2.24) is 10.3 Å². The Labute approximate surface area is 234 Å². The molecule has 39 heavy (non-hydrogen) atoms. The first-order valence-electron chi connectivity index (χ1n) is 11.9. The highest BCUT2D eigenvalue weighted by Crippen LogP contribution is 2.44. The van der Waals surface area contributed by atoms with E-state index in [1.165, 1.54) is 32.2 Å². The van der Waals surface area contributed by atoms with E-state index in [9.17, 15) is 14.7 Å². The fraction of sp³-hybridized carbons (Fsp3) is 0.143. The van der Waals surface area contributed by atoms with E-state index >= 15 is 0 Å². The second-order valence-electron chi connectivity index (χ2n) is 8.76. The van der Waals surface area contributed by atoms with Crippen LogP contribution in [0.1, 0.15) is 40.8 Å². The predicted molar refractivity (Wildman–Crippen MR) is 151 cm³/mol. The first kappa shape index (κ1) is 26.2. The van der Waals surface area contributed by atoms with Crippen molar-refractivity contribution in [2.45, 2.75) is 19.0 Å². The van der Waals surface area contributed by atoms with Crippen molar-refractivity contribution in [1.29, 1.82) is 0 Å². The van der Waals surface area contributed by atoms with Crippen molar-refractivity contribution in [3.63, 3.8) is 0 Å². The number of anilines is 2. The fourth-order valence-electron chi connectivity index (χ4n) is 4.56. The van der Waals surface area contributed by atoms with Gasteiger partial charge in [0.15, 0.2) is 5.11 Å². The minimum absolute atomic E-state index is 0.0905. The highest BCUT2D eigenvalue weighted by molar-refractivity contribution is 7.80. The summed E-state index contributed by atoms with van der Waals surface area (Å²) in [5, 5.41) is 16.4. The highest BCUT2D eigenvalue weighted by Gasteiger charge is 2.43. The summed E-state index contributed by atoms with van der Waals surface area (Å²) >= 11 is 12.2. The summed E-state index contributed by atoms with van der Waals surface area (Å²) in [5.74, 6) is 0.136. The normalized spacial score (nSPS) is 16.6. The number of halogens is 1. The summed E-state index contributed by atoms with van der Waals surface area (Å²) < 4.78 is 11.7. The molecule has 198 valence electrons. The minimum atomic E-state index is -1.07. The number of furan rings is 1. The summed E-state index contributed by atoms with van der Waals surface area (Å²) in [6, 6.07) is 18.1. The van der Waals surface area contributed by atoms with Crippen LogP contribution in [0, 0.1) is 0 Å². The number of ether oxygens (including phenoxy) is 1. The fourth-order valence-corrected chi connectivity index (χ4v) is 5.12. The molecule has 1 saturated heterocycles. The van der Waals surface area contributed by atoms with Gasteiger partial charge >= 0.3 is 5.97 Å². The number of benzene rings is 2. The van der Waals surface area contributed by atoms with E-state index < -0.39 is 12.0 Å². The summed E-state index contributed by atoms with van der Waals surface area (Å²) in [4.78, 5) is 29.8. The number of nitrogens with zero attached hydrogens (tertiary/aromatic N) is 2. The van der Waals surface area contributed by atoms with Gasteiger partial charge in [0.2, 0.25) is 5.91 Å². The molecule has 0 aliphatic carbocycles. The van der Waals surface area contributed by atoms with Crippen LogP contribution >= 0.6 is 23.8 Å². The van der Waals surface area contributed by atoms with Crippen LogP contribution in [0.5, 0.6) is 5.75 Å². The van der Waals surface area contributed by atoms with Crippen molar-refractivity contribution < 1.29 is 23.8 Å². The van der Waals surface area contributed by atoms with Crippen LogP contribution in [0.3, 0.4) is 0 Å². The Bertz CT molecular complexity index is 1580. The maximum atomic E-state index is 11.8. The lowest BCUT2D eigenvalue weighted by Crippen LogP contribution is -2.29. The maximum absolute atomic E-state index is 11.8. The van der Waals surface area contributed by atoms with Gasteiger partial charge in [-0.25, -0.2) is 4.79 Å². The molecule has 11 heteroatoms. The Hall–Kier alpha value is -4.41. The summed E-state index contributed by atoms with van der Waals surface area (Å²) in [7, 11) is 1.52. The quantitative estimate of drug-likeness (QED) is 0.239. The molecule has 1 aliphatic heterocycles. The molecule has 0 spiro atoms. The Morgan fingerprint density at radius 2 is 1.97 bits per heavy atom. The SMILES string of the molecule is COc1ccc(N2C(=S)NC(c3ccccn3)C2c2ccc(-c3cc(C(=O)O)ccc3Cl)o2)cc1NC(C)=O. The van der Waals surface area contributed by atoms with Crippen molar-refractivity contribution in [3.8, 4) is 17.1 Å². The molecular weight excluding hydrogens is 540 g/mol. The number of hydrogen-bond acceptors (Lipinski definition) is 6. The van der Waals surface area contributed by atoms with Crippen molar-refractivity contribution >= 4 is 52.2 Å². The molecule has 0 radical (unpaired) electrons. The topological polar surface area (TPSA) is 117 Å². The molecule has 5 rings (SSSR count). The average molecular weight is 563 g/mol. The molecule has 2 atom stereocenters. The number of carbonyl (C=O) groups excluding carboxylic acids is 1. The van der Waals surface area contributed by atoms with Crippen molar-refractivity contribution in [2.24, 2.45) is 0 Å². The lowest BCUT2D eigenvalue weighted by molar-refractivity contribution is -0.114. The van der Waals surface area contributed by atoms with E-state index in [1.807, 2.05) is 29.2 Å². The van der Waals surface area contributed by atoms with Gasteiger partial charge in [0.1, 0.15) is 23.3 Å². The van der Waals surface area contributed by atoms with Crippen LogP contribution < -0.4 is 20.3 Å². The number of aromatic nitrogens is 1. The Morgan fingerprint density at radius 3 is 2.67 bits per heavy atom. The van der Waals surface area contributed by atoms with Crippen LogP contribution in [-0.2, 0) is 4.79 Å². The number of pyridine rings is 1. The number of thiocarbonyl (C=S) groups is 1. The van der Waals surface area contributed by atoms with Gasteiger partial charge < -0.3 is 29.8 Å². The number of carboxylic acids is 1. The largest absolute Gasteiger partial charge is 0.495 e. The van der Waals surface area contributed by atoms with Crippen molar-refractivity contribution in [3.05, 3.63) is 95.0 Å². The summed E-state index contributed by atoms with van der Waals surface area (Å²) in [5.41, 5.74) is 2.46. The van der Waals surface area contributed by atoms with Crippen LogP contribution in [0.2, 0.25) is 5.02 Å². The summed E-state index contributed by atoms with van der Waals surface area (Å²) in [6.07, 6.45) is 1.70. The molecule has 1 aliphatic rings. The van der Waals surface area contributed by atoms with Gasteiger partial charge in [-0.3, -0.25) is 9.78 Å². The number of amides is 1. The van der Waals surface area contributed by atoms with Crippen LogP contribution in [0.4, 0.5) is 11.4 Å². The average Bonchev–Trinajstić information content (AvgIpc) is 3.53. The smallest absolute Gasteiger partial charge is 0.335 e. The zero-order valence-corrected chi connectivity index (χ0v) is 22.4. The van der Waals surface area contributed by atoms with E-state index in [4.69, 9.17) is 33.0 Å². The molecule has 3 heterocycles. The molecule has 3 N–H and O–H groups in total.